The molecule has 1 aromatic heterocycles. The molecule has 6 nitrogen and oxygen atoms in total. The van der Waals surface area contributed by atoms with E-state index in [-0.39, 0.29) is 5.91 Å². The highest BCUT2D eigenvalue weighted by Crippen LogP contribution is 2.36. The Bertz CT molecular complexity index is 1170. The lowest BCUT2D eigenvalue weighted by molar-refractivity contribution is -0.115. The molecule has 1 amide bonds. The van der Waals surface area contributed by atoms with Gasteiger partial charge in [0.1, 0.15) is 11.0 Å². The van der Waals surface area contributed by atoms with E-state index < -0.39 is 5.25 Å². The molecule has 0 aliphatic carbocycles. The van der Waals surface area contributed by atoms with Gasteiger partial charge in [-0.25, -0.2) is 4.98 Å². The van der Waals surface area contributed by atoms with E-state index in [9.17, 15) is 4.79 Å². The van der Waals surface area contributed by atoms with Gasteiger partial charge >= 0.3 is 0 Å². The summed E-state index contributed by atoms with van der Waals surface area (Å²) in [4.78, 5) is 17.7. The van der Waals surface area contributed by atoms with Crippen LogP contribution in [-0.2, 0) is 4.79 Å². The third kappa shape index (κ3) is 5.07. The number of ether oxygens (including phenoxy) is 1. The van der Waals surface area contributed by atoms with Crippen molar-refractivity contribution < 1.29 is 9.53 Å². The van der Waals surface area contributed by atoms with Crippen LogP contribution in [0.5, 0.6) is 5.75 Å². The summed E-state index contributed by atoms with van der Waals surface area (Å²) >= 11 is 7.47. The van der Waals surface area contributed by atoms with Gasteiger partial charge in [0.05, 0.1) is 12.1 Å². The molecule has 0 saturated heterocycles. The zero-order chi connectivity index (χ0) is 21.6. The van der Waals surface area contributed by atoms with Gasteiger partial charge in [0.15, 0.2) is 5.82 Å². The molecule has 4 aromatic rings. The second-order valence-corrected chi connectivity index (χ2v) is 8.06. The number of hydrogen-bond donors (Lipinski definition) is 2. The van der Waals surface area contributed by atoms with Gasteiger partial charge in [0.2, 0.25) is 11.1 Å². The number of anilines is 1. The summed E-state index contributed by atoms with van der Waals surface area (Å²) in [5.74, 6) is 0.989. The van der Waals surface area contributed by atoms with Crippen LogP contribution in [0, 0.1) is 0 Å². The van der Waals surface area contributed by atoms with Gasteiger partial charge in [-0.3, -0.25) is 9.89 Å². The van der Waals surface area contributed by atoms with E-state index in [1.807, 2.05) is 60.7 Å². The van der Waals surface area contributed by atoms with Crippen molar-refractivity contribution in [3.8, 4) is 17.1 Å². The number of aromatic nitrogens is 3. The van der Waals surface area contributed by atoms with Gasteiger partial charge in [-0.05, 0) is 23.8 Å². The predicted octanol–water partition coefficient (Wildman–Crippen LogP) is 5.61. The number of H-pyrrole nitrogens is 1. The second kappa shape index (κ2) is 9.68. The minimum absolute atomic E-state index is 0.205. The molecule has 1 atom stereocenters. The van der Waals surface area contributed by atoms with E-state index in [1.54, 1.807) is 25.3 Å². The minimum atomic E-state index is -0.554. The summed E-state index contributed by atoms with van der Waals surface area (Å²) in [6.45, 7) is 0. The molecule has 0 aliphatic heterocycles. The lowest BCUT2D eigenvalue weighted by Gasteiger charge is -2.16. The topological polar surface area (TPSA) is 79.9 Å². The van der Waals surface area contributed by atoms with Crippen molar-refractivity contribution in [1.82, 2.24) is 15.2 Å². The number of nitrogens with zero attached hydrogens (tertiary/aromatic N) is 2. The van der Waals surface area contributed by atoms with Crippen LogP contribution in [0.3, 0.4) is 0 Å². The van der Waals surface area contributed by atoms with Crippen LogP contribution in [0.25, 0.3) is 11.4 Å². The smallest absolute Gasteiger partial charge is 0.242 e. The Morgan fingerprint density at radius 1 is 1.06 bits per heavy atom. The Morgan fingerprint density at radius 3 is 2.45 bits per heavy atom. The quantitative estimate of drug-likeness (QED) is 0.358. The summed E-state index contributed by atoms with van der Waals surface area (Å²) < 4.78 is 5.17. The van der Waals surface area contributed by atoms with Gasteiger partial charge in [0.25, 0.3) is 0 Å². The summed E-state index contributed by atoms with van der Waals surface area (Å²) in [7, 11) is 1.54. The van der Waals surface area contributed by atoms with E-state index in [1.165, 1.54) is 11.8 Å². The molecule has 3 aromatic carbocycles. The van der Waals surface area contributed by atoms with Gasteiger partial charge < -0.3 is 10.1 Å². The molecule has 0 saturated carbocycles. The molecule has 1 heterocycles. The normalized spacial score (nSPS) is 11.7. The fraction of sp³-hybridized carbons (Fsp3) is 0.0870. The molecule has 0 aliphatic rings. The molecular weight excluding hydrogens is 432 g/mol. The van der Waals surface area contributed by atoms with Gasteiger partial charge in [-0.1, -0.05) is 84.0 Å². The average Bonchev–Trinajstić information content (AvgIpc) is 3.27. The molecule has 0 bridgehead atoms. The molecule has 8 heteroatoms. The van der Waals surface area contributed by atoms with Crippen LogP contribution in [0.15, 0.2) is 84.0 Å². The molecule has 0 fully saturated rings. The van der Waals surface area contributed by atoms with Crippen LogP contribution in [0.2, 0.25) is 5.02 Å². The Morgan fingerprint density at radius 2 is 1.77 bits per heavy atom. The number of halogens is 1. The minimum Gasteiger partial charge on any atom is -0.495 e. The summed E-state index contributed by atoms with van der Waals surface area (Å²) in [6.07, 6.45) is 0. The molecule has 0 radical (unpaired) electrons. The van der Waals surface area contributed by atoms with Crippen LogP contribution in [0.1, 0.15) is 10.8 Å². The van der Waals surface area contributed by atoms with E-state index >= 15 is 0 Å². The number of nitrogens with one attached hydrogen (secondary N) is 2. The largest absolute Gasteiger partial charge is 0.495 e. The molecule has 4 rings (SSSR count). The molecule has 1 unspecified atom stereocenters. The van der Waals surface area contributed by atoms with Crippen molar-refractivity contribution in [3.05, 3.63) is 89.4 Å². The van der Waals surface area contributed by atoms with Gasteiger partial charge in [-0.2, -0.15) is 0 Å². The van der Waals surface area contributed by atoms with Crippen molar-refractivity contribution in [2.24, 2.45) is 0 Å². The van der Waals surface area contributed by atoms with E-state index in [0.717, 1.165) is 11.1 Å². The number of hydrogen-bond acceptors (Lipinski definition) is 5. The molecule has 31 heavy (non-hydrogen) atoms. The van der Waals surface area contributed by atoms with Gasteiger partial charge in [0, 0.05) is 11.3 Å². The first-order valence-electron chi connectivity index (χ1n) is 9.48. The van der Waals surface area contributed by atoms with Crippen molar-refractivity contribution >= 4 is 35.0 Å². The van der Waals surface area contributed by atoms with E-state index in [2.05, 4.69) is 20.5 Å². The fourth-order valence-corrected chi connectivity index (χ4v) is 4.15. The molecular formula is C23H19ClN4O2S. The number of rotatable bonds is 7. The maximum absolute atomic E-state index is 13.2. The Hall–Kier alpha value is -3.29. The molecule has 0 spiro atoms. The number of methoxy groups -OCH3 is 1. The number of thioether (sulfide) groups is 1. The van der Waals surface area contributed by atoms with Crippen molar-refractivity contribution in [2.75, 3.05) is 12.4 Å². The number of benzene rings is 3. The third-order valence-corrected chi connectivity index (χ3v) is 5.91. The number of amides is 1. The monoisotopic (exact) mass is 450 g/mol. The average molecular weight is 451 g/mol. The molecule has 156 valence electrons. The van der Waals surface area contributed by atoms with Crippen LogP contribution < -0.4 is 10.1 Å². The molecule has 2 N–H and O–H groups in total. The lowest BCUT2D eigenvalue weighted by Crippen LogP contribution is -2.19. The maximum Gasteiger partial charge on any atom is 0.242 e. The Balaban J connectivity index is 1.57. The SMILES string of the molecule is COc1ccc(NC(=O)C(Sc2n[nH]c(-c3ccccc3)n2)c2ccccc2)cc1Cl. The summed E-state index contributed by atoms with van der Waals surface area (Å²) in [5, 5.41) is 10.5. The van der Waals surface area contributed by atoms with E-state index in [0.29, 0.717) is 27.4 Å². The maximum atomic E-state index is 13.2. The lowest BCUT2D eigenvalue weighted by atomic mass is 10.1. The van der Waals surface area contributed by atoms with Crippen LogP contribution in [0.4, 0.5) is 5.69 Å². The first kappa shape index (κ1) is 21.0. The third-order valence-electron chi connectivity index (χ3n) is 4.50. The van der Waals surface area contributed by atoms with Crippen LogP contribution in [-0.4, -0.2) is 28.2 Å². The zero-order valence-corrected chi connectivity index (χ0v) is 18.2. The van der Waals surface area contributed by atoms with Crippen LogP contribution >= 0.6 is 23.4 Å². The van der Waals surface area contributed by atoms with Crippen molar-refractivity contribution in [2.45, 2.75) is 10.4 Å². The first-order valence-corrected chi connectivity index (χ1v) is 10.7. The number of carbonyl (C=O) groups is 1. The standard InChI is InChI=1S/C23H19ClN4O2S/c1-30-19-13-12-17(14-18(19)24)25-22(29)20(15-8-4-2-5-9-15)31-23-26-21(27-28-23)16-10-6-3-7-11-16/h2-14,20H,1H3,(H,25,29)(H,26,27,28). The Kier molecular flexibility index (Phi) is 6.54. The highest BCUT2D eigenvalue weighted by Gasteiger charge is 2.24. The summed E-state index contributed by atoms with van der Waals surface area (Å²) in [5.41, 5.74) is 2.35. The summed E-state index contributed by atoms with van der Waals surface area (Å²) in [6, 6.07) is 24.3. The van der Waals surface area contributed by atoms with Crippen molar-refractivity contribution in [1.29, 1.82) is 0 Å². The predicted molar refractivity (Wildman–Crippen MR) is 123 cm³/mol. The zero-order valence-electron chi connectivity index (χ0n) is 16.6. The first-order chi connectivity index (χ1) is 15.1. The Labute approximate surface area is 189 Å². The number of carbonyl (C=O) groups excluding carboxylic acids is 1. The second-order valence-electron chi connectivity index (χ2n) is 6.58. The van der Waals surface area contributed by atoms with Crippen molar-refractivity contribution in [3.63, 3.8) is 0 Å². The fourth-order valence-electron chi connectivity index (χ4n) is 2.98. The highest BCUT2D eigenvalue weighted by molar-refractivity contribution is 8.00. The van der Waals surface area contributed by atoms with E-state index in [4.69, 9.17) is 16.3 Å². The van der Waals surface area contributed by atoms with Gasteiger partial charge in [-0.15, -0.1) is 5.10 Å². The highest BCUT2D eigenvalue weighted by atomic mass is 35.5. The number of aromatic amines is 1.